The monoisotopic (exact) mass is 271 g/mol. The van der Waals surface area contributed by atoms with Crippen molar-refractivity contribution in [2.75, 3.05) is 26.3 Å². The van der Waals surface area contributed by atoms with E-state index in [-0.39, 0.29) is 11.0 Å². The maximum absolute atomic E-state index is 13.6. The molecule has 0 N–H and O–H groups in total. The van der Waals surface area contributed by atoms with Crippen LogP contribution in [0.25, 0.3) is 0 Å². The summed E-state index contributed by atoms with van der Waals surface area (Å²) in [5.74, 6) is -2.81. The number of hydrogen-bond donors (Lipinski definition) is 0. The average molecular weight is 271 g/mol. The number of benzene rings is 1. The summed E-state index contributed by atoms with van der Waals surface area (Å²) in [6, 6.07) is 1.58. The molecule has 0 saturated carbocycles. The van der Waals surface area contributed by atoms with E-state index in [0.29, 0.717) is 12.6 Å². The van der Waals surface area contributed by atoms with E-state index >= 15 is 0 Å². The number of rotatable bonds is 2. The van der Waals surface area contributed by atoms with Crippen LogP contribution in [0.5, 0.6) is 0 Å². The number of likely N-dealkylation sites (tertiary alicyclic amines) is 1. The summed E-state index contributed by atoms with van der Waals surface area (Å²) >= 11 is 0. The van der Waals surface area contributed by atoms with Gasteiger partial charge in [0.15, 0.2) is 11.6 Å². The molecule has 1 spiro atoms. The van der Waals surface area contributed by atoms with Crippen LogP contribution < -0.4 is 0 Å². The van der Waals surface area contributed by atoms with Gasteiger partial charge in [0.2, 0.25) is 0 Å². The molecule has 0 aliphatic carbocycles. The summed E-state index contributed by atoms with van der Waals surface area (Å²) in [5, 5.41) is 0. The maximum Gasteiger partial charge on any atom is 0.161 e. The van der Waals surface area contributed by atoms with Gasteiger partial charge in [0.1, 0.15) is 5.82 Å². The van der Waals surface area contributed by atoms with Gasteiger partial charge in [-0.1, -0.05) is 0 Å². The predicted octanol–water partition coefficient (Wildman–Crippen LogP) is 2.72. The lowest BCUT2D eigenvalue weighted by molar-refractivity contribution is 0.151. The van der Waals surface area contributed by atoms with Gasteiger partial charge in [-0.15, -0.1) is 0 Å². The minimum absolute atomic E-state index is 0.190. The molecule has 2 aliphatic rings. The fourth-order valence-corrected chi connectivity index (χ4v) is 3.06. The SMILES string of the molecule is Fc1cc(F)c(CN2CC[C@@]3(CCOC3)C2)cc1F. The molecule has 1 aromatic rings. The summed E-state index contributed by atoms with van der Waals surface area (Å²) in [6.07, 6.45) is 2.06. The zero-order chi connectivity index (χ0) is 13.5. The Balaban J connectivity index is 1.71. The Hall–Kier alpha value is -1.07. The van der Waals surface area contributed by atoms with E-state index in [2.05, 4.69) is 4.90 Å². The van der Waals surface area contributed by atoms with Crippen LogP contribution in [0.2, 0.25) is 0 Å². The molecule has 1 atom stereocenters. The second kappa shape index (κ2) is 4.80. The molecule has 104 valence electrons. The Kier molecular flexibility index (Phi) is 3.27. The van der Waals surface area contributed by atoms with Crippen LogP contribution in [0.15, 0.2) is 12.1 Å². The molecular weight excluding hydrogens is 255 g/mol. The molecule has 3 rings (SSSR count). The van der Waals surface area contributed by atoms with Crippen molar-refractivity contribution >= 4 is 0 Å². The van der Waals surface area contributed by atoms with Crippen molar-refractivity contribution in [2.45, 2.75) is 19.4 Å². The fraction of sp³-hybridized carbons (Fsp3) is 0.571. The minimum atomic E-state index is -1.14. The van der Waals surface area contributed by atoms with Gasteiger partial charge in [0.25, 0.3) is 0 Å². The number of halogens is 3. The summed E-state index contributed by atoms with van der Waals surface area (Å²) in [5.41, 5.74) is 0.407. The highest BCUT2D eigenvalue weighted by Crippen LogP contribution is 2.38. The Bertz CT molecular complexity index is 486. The Morgan fingerprint density at radius 2 is 1.89 bits per heavy atom. The first-order valence-electron chi connectivity index (χ1n) is 6.52. The third kappa shape index (κ3) is 2.49. The van der Waals surface area contributed by atoms with Crippen molar-refractivity contribution in [2.24, 2.45) is 5.41 Å². The van der Waals surface area contributed by atoms with Crippen LogP contribution in [0.1, 0.15) is 18.4 Å². The third-order valence-electron chi connectivity index (χ3n) is 4.19. The van der Waals surface area contributed by atoms with Crippen LogP contribution in [-0.4, -0.2) is 31.2 Å². The fourth-order valence-electron chi connectivity index (χ4n) is 3.06. The normalized spacial score (nSPS) is 27.5. The standard InChI is InChI=1S/C14H16F3NO/c15-11-6-13(17)12(16)5-10(11)7-18-3-1-14(8-18)2-4-19-9-14/h5-6H,1-4,7-9H2/t14-/m1/s1. The lowest BCUT2D eigenvalue weighted by atomic mass is 9.87. The van der Waals surface area contributed by atoms with Crippen LogP contribution >= 0.6 is 0 Å². The van der Waals surface area contributed by atoms with E-state index in [4.69, 9.17) is 4.74 Å². The van der Waals surface area contributed by atoms with Gasteiger partial charge in [-0.2, -0.15) is 0 Å². The summed E-state index contributed by atoms with van der Waals surface area (Å²) < 4.78 is 45.0. The van der Waals surface area contributed by atoms with E-state index in [1.165, 1.54) is 0 Å². The molecule has 0 aromatic heterocycles. The highest BCUT2D eigenvalue weighted by molar-refractivity contribution is 5.20. The molecule has 5 heteroatoms. The topological polar surface area (TPSA) is 12.5 Å². The third-order valence-corrected chi connectivity index (χ3v) is 4.19. The summed E-state index contributed by atoms with van der Waals surface area (Å²) in [6.45, 7) is 3.55. The van der Waals surface area contributed by atoms with Crippen LogP contribution in [0.4, 0.5) is 13.2 Å². The quantitative estimate of drug-likeness (QED) is 0.767. The van der Waals surface area contributed by atoms with Gasteiger partial charge in [0, 0.05) is 36.7 Å². The molecule has 0 bridgehead atoms. The Morgan fingerprint density at radius 1 is 1.11 bits per heavy atom. The largest absolute Gasteiger partial charge is 0.381 e. The van der Waals surface area contributed by atoms with Crippen molar-refractivity contribution in [3.05, 3.63) is 35.1 Å². The zero-order valence-electron chi connectivity index (χ0n) is 10.6. The first-order valence-corrected chi connectivity index (χ1v) is 6.52. The van der Waals surface area contributed by atoms with E-state index in [1.54, 1.807) is 0 Å². The predicted molar refractivity (Wildman–Crippen MR) is 64.1 cm³/mol. The zero-order valence-corrected chi connectivity index (χ0v) is 10.6. The van der Waals surface area contributed by atoms with Gasteiger partial charge < -0.3 is 4.74 Å². The molecule has 2 nitrogen and oxygen atoms in total. The maximum atomic E-state index is 13.6. The second-order valence-corrected chi connectivity index (χ2v) is 5.62. The molecule has 2 fully saturated rings. The van der Waals surface area contributed by atoms with E-state index in [9.17, 15) is 13.2 Å². The molecule has 0 radical (unpaired) electrons. The molecule has 2 aliphatic heterocycles. The highest BCUT2D eigenvalue weighted by atomic mass is 19.2. The second-order valence-electron chi connectivity index (χ2n) is 5.62. The number of nitrogens with zero attached hydrogens (tertiary/aromatic N) is 1. The van der Waals surface area contributed by atoms with Gasteiger partial charge in [-0.25, -0.2) is 13.2 Å². The average Bonchev–Trinajstić information content (AvgIpc) is 2.98. The van der Waals surface area contributed by atoms with Crippen molar-refractivity contribution < 1.29 is 17.9 Å². The first kappa shape index (κ1) is 12.9. The molecule has 2 saturated heterocycles. The smallest absolute Gasteiger partial charge is 0.161 e. The molecule has 19 heavy (non-hydrogen) atoms. The molecule has 1 aromatic carbocycles. The first-order chi connectivity index (χ1) is 9.08. The van der Waals surface area contributed by atoms with Gasteiger partial charge >= 0.3 is 0 Å². The van der Waals surface area contributed by atoms with Crippen LogP contribution in [0.3, 0.4) is 0 Å². The van der Waals surface area contributed by atoms with Crippen LogP contribution in [0, 0.1) is 22.9 Å². The molecule has 0 unspecified atom stereocenters. The van der Waals surface area contributed by atoms with E-state index < -0.39 is 17.5 Å². The molecule has 2 heterocycles. The van der Waals surface area contributed by atoms with Gasteiger partial charge in [-0.05, 0) is 25.5 Å². The van der Waals surface area contributed by atoms with Crippen molar-refractivity contribution in [1.82, 2.24) is 4.90 Å². The molecular formula is C14H16F3NO. The highest BCUT2D eigenvalue weighted by Gasteiger charge is 2.41. The summed E-state index contributed by atoms with van der Waals surface area (Å²) in [7, 11) is 0. The van der Waals surface area contributed by atoms with Crippen LogP contribution in [-0.2, 0) is 11.3 Å². The Labute approximate surface area is 110 Å². The van der Waals surface area contributed by atoms with Gasteiger partial charge in [0.05, 0.1) is 6.61 Å². The lowest BCUT2D eigenvalue weighted by Crippen LogP contribution is -2.27. The minimum Gasteiger partial charge on any atom is -0.381 e. The Morgan fingerprint density at radius 3 is 2.63 bits per heavy atom. The van der Waals surface area contributed by atoms with E-state index in [1.807, 2.05) is 0 Å². The van der Waals surface area contributed by atoms with Crippen molar-refractivity contribution in [3.63, 3.8) is 0 Å². The van der Waals surface area contributed by atoms with Gasteiger partial charge in [-0.3, -0.25) is 4.90 Å². The van der Waals surface area contributed by atoms with E-state index in [0.717, 1.165) is 45.2 Å². The number of ether oxygens (including phenoxy) is 1. The van der Waals surface area contributed by atoms with Crippen molar-refractivity contribution in [3.8, 4) is 0 Å². The summed E-state index contributed by atoms with van der Waals surface area (Å²) in [4.78, 5) is 2.09. The lowest BCUT2D eigenvalue weighted by Gasteiger charge is -2.22. The molecule has 0 amide bonds. The van der Waals surface area contributed by atoms with Crippen molar-refractivity contribution in [1.29, 1.82) is 0 Å². The number of hydrogen-bond acceptors (Lipinski definition) is 2.